The first-order valence-electron chi connectivity index (χ1n) is 4.43. The Morgan fingerprint density at radius 2 is 2.57 bits per heavy atom. The van der Waals surface area contributed by atoms with E-state index in [0.717, 1.165) is 12.2 Å². The van der Waals surface area contributed by atoms with Crippen molar-refractivity contribution in [3.63, 3.8) is 0 Å². The van der Waals surface area contributed by atoms with E-state index in [1.807, 2.05) is 0 Å². The fourth-order valence-corrected chi connectivity index (χ4v) is 0.995. The average Bonchev–Trinajstić information content (AvgIpc) is 2.60. The molecule has 0 radical (unpaired) electrons. The van der Waals surface area contributed by atoms with E-state index in [4.69, 9.17) is 9.15 Å². The number of esters is 1. The number of oxazole rings is 1. The van der Waals surface area contributed by atoms with Gasteiger partial charge in [-0.3, -0.25) is 4.79 Å². The lowest BCUT2D eigenvalue weighted by Gasteiger charge is -1.98. The van der Waals surface area contributed by atoms with Gasteiger partial charge in [-0.25, -0.2) is 4.98 Å². The number of carbonyl (C=O) groups excluding carboxylic acids is 1. The molecule has 0 saturated carbocycles. The Morgan fingerprint density at radius 3 is 3.14 bits per heavy atom. The minimum atomic E-state index is -0.255. The Labute approximate surface area is 82.6 Å². The highest BCUT2D eigenvalue weighted by Crippen LogP contribution is 2.06. The molecule has 0 amide bonds. The first-order valence-corrected chi connectivity index (χ1v) is 4.43. The van der Waals surface area contributed by atoms with Crippen LogP contribution in [0.15, 0.2) is 17.2 Å². The topological polar surface area (TPSA) is 52.3 Å². The lowest BCUT2D eigenvalue weighted by Crippen LogP contribution is -2.01. The van der Waals surface area contributed by atoms with E-state index in [1.54, 1.807) is 12.3 Å². The van der Waals surface area contributed by atoms with Crippen LogP contribution in [0.3, 0.4) is 0 Å². The smallest absolute Gasteiger partial charge is 0.302 e. The predicted molar refractivity (Wildman–Crippen MR) is 51.5 cm³/mol. The summed E-state index contributed by atoms with van der Waals surface area (Å²) in [6, 6.07) is 0. The maximum Gasteiger partial charge on any atom is 0.302 e. The normalized spacial score (nSPS) is 9.79. The summed E-state index contributed by atoms with van der Waals surface area (Å²) < 4.78 is 10.0. The molecule has 0 spiro atoms. The highest BCUT2D eigenvalue weighted by molar-refractivity contribution is 5.65. The molecule has 0 bridgehead atoms. The quantitative estimate of drug-likeness (QED) is 0.531. The SMILES string of the molecule is C=Cc1ncc(CCCOC(C)=O)o1. The van der Waals surface area contributed by atoms with Crippen molar-refractivity contribution in [2.75, 3.05) is 6.61 Å². The summed E-state index contributed by atoms with van der Waals surface area (Å²) in [6.45, 7) is 5.35. The Kier molecular flexibility index (Phi) is 3.91. The molecule has 4 nitrogen and oxygen atoms in total. The number of ether oxygens (including phenoxy) is 1. The van der Waals surface area contributed by atoms with Crippen LogP contribution in [0.25, 0.3) is 6.08 Å². The average molecular weight is 195 g/mol. The van der Waals surface area contributed by atoms with Crippen molar-refractivity contribution in [1.29, 1.82) is 0 Å². The largest absolute Gasteiger partial charge is 0.466 e. The Morgan fingerprint density at radius 1 is 1.79 bits per heavy atom. The zero-order valence-corrected chi connectivity index (χ0v) is 8.16. The van der Waals surface area contributed by atoms with E-state index in [1.165, 1.54) is 6.92 Å². The van der Waals surface area contributed by atoms with Crippen molar-refractivity contribution in [2.45, 2.75) is 19.8 Å². The number of carbonyl (C=O) groups is 1. The zero-order valence-electron chi connectivity index (χ0n) is 8.16. The van der Waals surface area contributed by atoms with E-state index in [2.05, 4.69) is 11.6 Å². The van der Waals surface area contributed by atoms with Crippen LogP contribution in [0.4, 0.5) is 0 Å². The molecule has 4 heteroatoms. The van der Waals surface area contributed by atoms with Crippen molar-refractivity contribution in [3.8, 4) is 0 Å². The minimum absolute atomic E-state index is 0.255. The van der Waals surface area contributed by atoms with E-state index < -0.39 is 0 Å². The fourth-order valence-electron chi connectivity index (χ4n) is 0.995. The summed E-state index contributed by atoms with van der Waals surface area (Å²) in [5.74, 6) is 1.05. The second kappa shape index (κ2) is 5.21. The van der Waals surface area contributed by atoms with Crippen LogP contribution in [0.2, 0.25) is 0 Å². The third-order valence-corrected chi connectivity index (χ3v) is 1.62. The molecule has 1 heterocycles. The molecule has 0 unspecified atom stereocenters. The van der Waals surface area contributed by atoms with Gasteiger partial charge in [0.25, 0.3) is 0 Å². The highest BCUT2D eigenvalue weighted by atomic mass is 16.5. The van der Waals surface area contributed by atoms with Crippen LogP contribution in [-0.4, -0.2) is 17.6 Å². The first kappa shape index (κ1) is 10.5. The molecular formula is C10H13NO3. The van der Waals surface area contributed by atoms with Crippen LogP contribution in [-0.2, 0) is 16.0 Å². The van der Waals surface area contributed by atoms with Gasteiger partial charge in [-0.2, -0.15) is 0 Å². The van der Waals surface area contributed by atoms with E-state index in [0.29, 0.717) is 18.9 Å². The van der Waals surface area contributed by atoms with Crippen molar-refractivity contribution in [3.05, 3.63) is 24.4 Å². The van der Waals surface area contributed by atoms with E-state index >= 15 is 0 Å². The molecule has 0 N–H and O–H groups in total. The van der Waals surface area contributed by atoms with Gasteiger partial charge in [0.05, 0.1) is 12.8 Å². The van der Waals surface area contributed by atoms with Crippen molar-refractivity contribution in [2.24, 2.45) is 0 Å². The molecule has 1 aromatic rings. The number of nitrogens with zero attached hydrogens (tertiary/aromatic N) is 1. The maximum absolute atomic E-state index is 10.4. The number of hydrogen-bond donors (Lipinski definition) is 0. The zero-order chi connectivity index (χ0) is 10.4. The Bertz CT molecular complexity index is 317. The van der Waals surface area contributed by atoms with Gasteiger partial charge in [0.1, 0.15) is 5.76 Å². The predicted octanol–water partition coefficient (Wildman–Crippen LogP) is 1.81. The van der Waals surface area contributed by atoms with Gasteiger partial charge in [0.15, 0.2) is 0 Å². The molecule has 1 rings (SSSR count). The Balaban J connectivity index is 2.24. The number of aryl methyl sites for hydroxylation is 1. The first-order chi connectivity index (χ1) is 6.72. The second-order valence-electron chi connectivity index (χ2n) is 2.81. The van der Waals surface area contributed by atoms with Gasteiger partial charge in [0.2, 0.25) is 5.89 Å². The van der Waals surface area contributed by atoms with Crippen molar-refractivity contribution >= 4 is 12.0 Å². The van der Waals surface area contributed by atoms with E-state index in [-0.39, 0.29) is 5.97 Å². The molecule has 1 aromatic heterocycles. The molecular weight excluding hydrogens is 182 g/mol. The molecule has 76 valence electrons. The van der Waals surface area contributed by atoms with Crippen LogP contribution in [0.5, 0.6) is 0 Å². The van der Waals surface area contributed by atoms with Crippen molar-refractivity contribution < 1.29 is 13.9 Å². The summed E-state index contributed by atoms with van der Waals surface area (Å²) in [6.07, 6.45) is 4.67. The standard InChI is InChI=1S/C10H13NO3/c1-3-10-11-7-9(14-10)5-4-6-13-8(2)12/h3,7H,1,4-6H2,2H3. The van der Waals surface area contributed by atoms with Gasteiger partial charge >= 0.3 is 5.97 Å². The summed E-state index contributed by atoms with van der Waals surface area (Å²) in [4.78, 5) is 14.4. The molecule has 0 aromatic carbocycles. The van der Waals surface area contributed by atoms with Crippen LogP contribution in [0, 0.1) is 0 Å². The molecule has 0 aliphatic heterocycles. The van der Waals surface area contributed by atoms with Gasteiger partial charge in [-0.05, 0) is 12.5 Å². The molecule has 0 aliphatic carbocycles. The lowest BCUT2D eigenvalue weighted by atomic mass is 10.3. The lowest BCUT2D eigenvalue weighted by molar-refractivity contribution is -0.141. The fraction of sp³-hybridized carbons (Fsp3) is 0.400. The maximum atomic E-state index is 10.4. The number of hydrogen-bond acceptors (Lipinski definition) is 4. The molecule has 0 aliphatic rings. The van der Waals surface area contributed by atoms with Crippen LogP contribution < -0.4 is 0 Å². The third-order valence-electron chi connectivity index (χ3n) is 1.62. The third kappa shape index (κ3) is 3.43. The summed E-state index contributed by atoms with van der Waals surface area (Å²) in [5.41, 5.74) is 0. The van der Waals surface area contributed by atoms with Gasteiger partial charge < -0.3 is 9.15 Å². The summed E-state index contributed by atoms with van der Waals surface area (Å²) in [5, 5.41) is 0. The van der Waals surface area contributed by atoms with Gasteiger partial charge in [0, 0.05) is 13.3 Å². The molecule has 0 saturated heterocycles. The van der Waals surface area contributed by atoms with Crippen LogP contribution >= 0.6 is 0 Å². The highest BCUT2D eigenvalue weighted by Gasteiger charge is 2.01. The number of rotatable bonds is 5. The summed E-state index contributed by atoms with van der Waals surface area (Å²) >= 11 is 0. The summed E-state index contributed by atoms with van der Waals surface area (Å²) in [7, 11) is 0. The monoisotopic (exact) mass is 195 g/mol. The van der Waals surface area contributed by atoms with Gasteiger partial charge in [-0.15, -0.1) is 0 Å². The van der Waals surface area contributed by atoms with Gasteiger partial charge in [-0.1, -0.05) is 6.58 Å². The number of aromatic nitrogens is 1. The van der Waals surface area contributed by atoms with Crippen LogP contribution in [0.1, 0.15) is 25.0 Å². The van der Waals surface area contributed by atoms with Crippen molar-refractivity contribution in [1.82, 2.24) is 4.98 Å². The Hall–Kier alpha value is -1.58. The minimum Gasteiger partial charge on any atom is -0.466 e. The molecule has 0 atom stereocenters. The second-order valence-corrected chi connectivity index (χ2v) is 2.81. The molecule has 0 fully saturated rings. The molecule has 14 heavy (non-hydrogen) atoms. The van der Waals surface area contributed by atoms with E-state index in [9.17, 15) is 4.79 Å².